The third-order valence-electron chi connectivity index (χ3n) is 4.02. The molecule has 27 heavy (non-hydrogen) atoms. The lowest BCUT2D eigenvalue weighted by molar-refractivity contribution is -0.145. The summed E-state index contributed by atoms with van der Waals surface area (Å²) >= 11 is 0. The first kappa shape index (κ1) is 20.2. The number of methoxy groups -OCH3 is 1. The number of carbonyl (C=O) groups excluding carboxylic acids is 3. The van der Waals surface area contributed by atoms with Crippen molar-refractivity contribution in [2.45, 2.75) is 25.8 Å². The molecule has 2 aromatic carbocycles. The smallest absolute Gasteiger partial charge is 0.328 e. The van der Waals surface area contributed by atoms with Crippen molar-refractivity contribution >= 4 is 17.8 Å². The maximum Gasteiger partial charge on any atom is 0.328 e. The molecule has 0 saturated heterocycles. The van der Waals surface area contributed by atoms with Crippen molar-refractivity contribution in [1.29, 1.82) is 0 Å². The van der Waals surface area contributed by atoms with Gasteiger partial charge in [-0.3, -0.25) is 9.59 Å². The van der Waals surface area contributed by atoms with E-state index in [-0.39, 0.29) is 24.8 Å². The maximum absolute atomic E-state index is 12.2. The van der Waals surface area contributed by atoms with Gasteiger partial charge in [0.1, 0.15) is 6.04 Å². The molecule has 2 aromatic rings. The SMILES string of the molecule is COC(=O)[C@@H](Cc1ccccc1)NC(=O)CCNC(=O)c1cccc(C)c1. The Morgan fingerprint density at radius 3 is 2.44 bits per heavy atom. The Bertz CT molecular complexity index is 790. The fourth-order valence-corrected chi connectivity index (χ4v) is 2.63. The molecule has 0 aromatic heterocycles. The van der Waals surface area contributed by atoms with E-state index in [0.29, 0.717) is 12.0 Å². The predicted molar refractivity (Wildman–Crippen MR) is 102 cm³/mol. The van der Waals surface area contributed by atoms with Gasteiger partial charge in [0.15, 0.2) is 0 Å². The molecule has 0 bridgehead atoms. The lowest BCUT2D eigenvalue weighted by Crippen LogP contribution is -2.44. The molecule has 142 valence electrons. The lowest BCUT2D eigenvalue weighted by Gasteiger charge is -2.16. The van der Waals surface area contributed by atoms with Crippen molar-refractivity contribution < 1.29 is 19.1 Å². The highest BCUT2D eigenvalue weighted by Crippen LogP contribution is 2.05. The van der Waals surface area contributed by atoms with Gasteiger partial charge in [0.2, 0.25) is 5.91 Å². The first-order valence-electron chi connectivity index (χ1n) is 8.75. The molecule has 0 aliphatic heterocycles. The number of ether oxygens (including phenoxy) is 1. The van der Waals surface area contributed by atoms with E-state index >= 15 is 0 Å². The summed E-state index contributed by atoms with van der Waals surface area (Å²) < 4.78 is 4.77. The van der Waals surface area contributed by atoms with Crippen LogP contribution in [0.4, 0.5) is 0 Å². The molecular formula is C21H24N2O4. The van der Waals surface area contributed by atoms with Crippen LogP contribution in [0.15, 0.2) is 54.6 Å². The Balaban J connectivity index is 1.84. The molecule has 0 radical (unpaired) electrons. The molecule has 0 aliphatic carbocycles. The molecule has 2 N–H and O–H groups in total. The number of carbonyl (C=O) groups is 3. The Kier molecular flexibility index (Phi) is 7.55. The zero-order chi connectivity index (χ0) is 19.6. The van der Waals surface area contributed by atoms with Crippen LogP contribution in [0.5, 0.6) is 0 Å². The normalized spacial score (nSPS) is 11.3. The van der Waals surface area contributed by atoms with Crippen LogP contribution in [-0.4, -0.2) is 37.5 Å². The van der Waals surface area contributed by atoms with E-state index in [1.165, 1.54) is 7.11 Å². The Labute approximate surface area is 158 Å². The van der Waals surface area contributed by atoms with Crippen LogP contribution in [0, 0.1) is 6.92 Å². The number of hydrogen-bond donors (Lipinski definition) is 2. The molecule has 0 saturated carbocycles. The highest BCUT2D eigenvalue weighted by molar-refractivity contribution is 5.94. The highest BCUT2D eigenvalue weighted by Gasteiger charge is 2.21. The number of benzene rings is 2. The van der Waals surface area contributed by atoms with E-state index in [0.717, 1.165) is 11.1 Å². The zero-order valence-corrected chi connectivity index (χ0v) is 15.5. The first-order valence-corrected chi connectivity index (χ1v) is 8.75. The van der Waals surface area contributed by atoms with E-state index in [2.05, 4.69) is 10.6 Å². The molecular weight excluding hydrogens is 344 g/mol. The molecule has 0 unspecified atom stereocenters. The Morgan fingerprint density at radius 1 is 1.04 bits per heavy atom. The number of hydrogen-bond acceptors (Lipinski definition) is 4. The second-order valence-electron chi connectivity index (χ2n) is 6.21. The molecule has 6 heteroatoms. The summed E-state index contributed by atoms with van der Waals surface area (Å²) in [6.07, 6.45) is 0.411. The van der Waals surface area contributed by atoms with Crippen LogP contribution in [0.2, 0.25) is 0 Å². The maximum atomic E-state index is 12.2. The second-order valence-corrected chi connectivity index (χ2v) is 6.21. The molecule has 0 fully saturated rings. The van der Waals surface area contributed by atoms with E-state index in [9.17, 15) is 14.4 Å². The van der Waals surface area contributed by atoms with Crippen LogP contribution < -0.4 is 10.6 Å². The monoisotopic (exact) mass is 368 g/mol. The number of aryl methyl sites for hydroxylation is 1. The average molecular weight is 368 g/mol. The fraction of sp³-hybridized carbons (Fsp3) is 0.286. The predicted octanol–water partition coefficient (Wildman–Crippen LogP) is 2.02. The molecule has 1 atom stereocenters. The number of nitrogens with one attached hydrogen (secondary N) is 2. The fourth-order valence-electron chi connectivity index (χ4n) is 2.63. The topological polar surface area (TPSA) is 84.5 Å². The number of esters is 1. The van der Waals surface area contributed by atoms with E-state index in [4.69, 9.17) is 4.74 Å². The van der Waals surface area contributed by atoms with Gasteiger partial charge in [0.05, 0.1) is 7.11 Å². The van der Waals surface area contributed by atoms with Crippen LogP contribution in [0.1, 0.15) is 27.9 Å². The van der Waals surface area contributed by atoms with Gasteiger partial charge >= 0.3 is 5.97 Å². The Morgan fingerprint density at radius 2 is 1.78 bits per heavy atom. The summed E-state index contributed by atoms with van der Waals surface area (Å²) in [4.78, 5) is 36.2. The van der Waals surface area contributed by atoms with Crippen molar-refractivity contribution in [2.75, 3.05) is 13.7 Å². The van der Waals surface area contributed by atoms with Gasteiger partial charge < -0.3 is 15.4 Å². The van der Waals surface area contributed by atoms with Crippen molar-refractivity contribution in [3.63, 3.8) is 0 Å². The van der Waals surface area contributed by atoms with Gasteiger partial charge in [-0.25, -0.2) is 4.79 Å². The lowest BCUT2D eigenvalue weighted by atomic mass is 10.1. The Hall–Kier alpha value is -3.15. The molecule has 2 rings (SSSR count). The first-order chi connectivity index (χ1) is 13.0. The van der Waals surface area contributed by atoms with Crippen LogP contribution >= 0.6 is 0 Å². The van der Waals surface area contributed by atoms with E-state index in [1.54, 1.807) is 12.1 Å². The second kappa shape index (κ2) is 10.1. The van der Waals surface area contributed by atoms with Gasteiger partial charge in [-0.05, 0) is 24.6 Å². The van der Waals surface area contributed by atoms with Gasteiger partial charge in [0, 0.05) is 24.9 Å². The summed E-state index contributed by atoms with van der Waals surface area (Å²) in [6.45, 7) is 2.09. The van der Waals surface area contributed by atoms with Crippen LogP contribution in [0.3, 0.4) is 0 Å². The summed E-state index contributed by atoms with van der Waals surface area (Å²) in [5, 5.41) is 5.38. The van der Waals surface area contributed by atoms with Crippen molar-refractivity contribution in [3.8, 4) is 0 Å². The standard InChI is InChI=1S/C21H24N2O4/c1-15-7-6-10-17(13-15)20(25)22-12-11-19(24)23-18(21(26)27-2)14-16-8-4-3-5-9-16/h3-10,13,18H,11-12,14H2,1-2H3,(H,22,25)(H,23,24)/t18-/m1/s1. The van der Waals surface area contributed by atoms with Crippen molar-refractivity contribution in [1.82, 2.24) is 10.6 Å². The summed E-state index contributed by atoms with van der Waals surface area (Å²) in [5.74, 6) is -1.07. The van der Waals surface area contributed by atoms with Gasteiger partial charge in [0.25, 0.3) is 5.91 Å². The van der Waals surface area contributed by atoms with Crippen molar-refractivity contribution in [2.24, 2.45) is 0 Å². The summed E-state index contributed by atoms with van der Waals surface area (Å²) in [6, 6.07) is 15.8. The molecule has 0 spiro atoms. The molecule has 2 amide bonds. The molecule has 6 nitrogen and oxygen atoms in total. The summed E-state index contributed by atoms with van der Waals surface area (Å²) in [7, 11) is 1.29. The zero-order valence-electron chi connectivity index (χ0n) is 15.5. The minimum atomic E-state index is -0.766. The third kappa shape index (κ3) is 6.58. The van der Waals surface area contributed by atoms with E-state index < -0.39 is 12.0 Å². The van der Waals surface area contributed by atoms with Crippen LogP contribution in [-0.2, 0) is 20.7 Å². The van der Waals surface area contributed by atoms with Gasteiger partial charge in [-0.1, -0.05) is 48.0 Å². The number of amides is 2. The molecule has 0 aliphatic rings. The average Bonchev–Trinajstić information content (AvgIpc) is 2.67. The largest absolute Gasteiger partial charge is 0.467 e. The van der Waals surface area contributed by atoms with E-state index in [1.807, 2.05) is 49.4 Å². The highest BCUT2D eigenvalue weighted by atomic mass is 16.5. The number of rotatable bonds is 8. The van der Waals surface area contributed by atoms with Crippen LogP contribution in [0.25, 0.3) is 0 Å². The van der Waals surface area contributed by atoms with Gasteiger partial charge in [-0.2, -0.15) is 0 Å². The summed E-state index contributed by atoms with van der Waals surface area (Å²) in [5.41, 5.74) is 2.45. The molecule has 0 heterocycles. The minimum absolute atomic E-state index is 0.0693. The quantitative estimate of drug-likeness (QED) is 0.698. The third-order valence-corrected chi connectivity index (χ3v) is 4.02. The van der Waals surface area contributed by atoms with Crippen molar-refractivity contribution in [3.05, 3.63) is 71.3 Å². The van der Waals surface area contributed by atoms with Gasteiger partial charge in [-0.15, -0.1) is 0 Å². The minimum Gasteiger partial charge on any atom is -0.467 e.